The van der Waals surface area contributed by atoms with Gasteiger partial charge in [0, 0.05) is 32.6 Å². The molecule has 0 unspecified atom stereocenters. The zero-order valence-corrected chi connectivity index (χ0v) is 12.6. The van der Waals surface area contributed by atoms with Crippen LogP contribution < -0.4 is 10.1 Å². The summed E-state index contributed by atoms with van der Waals surface area (Å²) in [5.74, 6) is 0.190. The molecule has 0 aliphatic carbocycles. The number of ether oxygens (including phenoxy) is 3. The van der Waals surface area contributed by atoms with Gasteiger partial charge < -0.3 is 24.6 Å². The highest BCUT2D eigenvalue weighted by molar-refractivity contribution is 5.90. The number of aromatic nitrogens is 2. The Morgan fingerprint density at radius 2 is 2.09 bits per heavy atom. The second-order valence-corrected chi connectivity index (χ2v) is 5.00. The van der Waals surface area contributed by atoms with Crippen LogP contribution in [0, 0.1) is 0 Å². The molecule has 1 amide bonds. The molecule has 8 heteroatoms. The van der Waals surface area contributed by atoms with Gasteiger partial charge in [-0.1, -0.05) is 0 Å². The first kappa shape index (κ1) is 16.6. The number of methoxy groups -OCH3 is 1. The van der Waals surface area contributed by atoms with Gasteiger partial charge in [-0.15, -0.1) is 0 Å². The van der Waals surface area contributed by atoms with Crippen molar-refractivity contribution in [3.8, 4) is 5.75 Å². The van der Waals surface area contributed by atoms with Crippen molar-refractivity contribution >= 4 is 5.91 Å². The van der Waals surface area contributed by atoms with Crippen LogP contribution >= 0.6 is 0 Å². The molecule has 0 spiro atoms. The van der Waals surface area contributed by atoms with Crippen molar-refractivity contribution in [2.24, 2.45) is 0 Å². The molecule has 1 aromatic heterocycles. The van der Waals surface area contributed by atoms with Gasteiger partial charge in [0.2, 0.25) is 5.82 Å². The molecule has 0 atom stereocenters. The van der Waals surface area contributed by atoms with Gasteiger partial charge in [-0.05, 0) is 0 Å². The Kier molecular flexibility index (Phi) is 6.05. The molecule has 1 aliphatic heterocycles. The van der Waals surface area contributed by atoms with E-state index in [1.165, 1.54) is 19.5 Å². The van der Waals surface area contributed by atoms with Gasteiger partial charge in [-0.3, -0.25) is 4.79 Å². The maximum absolute atomic E-state index is 12.1. The van der Waals surface area contributed by atoms with Gasteiger partial charge in [-0.2, -0.15) is 0 Å². The zero-order chi connectivity index (χ0) is 15.8. The van der Waals surface area contributed by atoms with Crippen molar-refractivity contribution in [2.75, 3.05) is 40.1 Å². The van der Waals surface area contributed by atoms with Crippen LogP contribution in [0.5, 0.6) is 5.75 Å². The maximum atomic E-state index is 12.1. The lowest BCUT2D eigenvalue weighted by Crippen LogP contribution is -2.49. The fourth-order valence-corrected chi connectivity index (χ4v) is 2.24. The van der Waals surface area contributed by atoms with Crippen molar-refractivity contribution < 1.29 is 24.1 Å². The Hall–Kier alpha value is -1.77. The fraction of sp³-hybridized carbons (Fsp3) is 0.643. The number of rotatable bonds is 7. The average molecular weight is 311 g/mol. The minimum atomic E-state index is -0.511. The van der Waals surface area contributed by atoms with Crippen LogP contribution in [0.2, 0.25) is 0 Å². The van der Waals surface area contributed by atoms with Crippen LogP contribution in [0.4, 0.5) is 0 Å². The van der Waals surface area contributed by atoms with Gasteiger partial charge in [0.05, 0.1) is 38.3 Å². The molecular weight excluding hydrogens is 290 g/mol. The first-order valence-electron chi connectivity index (χ1n) is 7.16. The van der Waals surface area contributed by atoms with Crippen LogP contribution in [0.15, 0.2) is 12.4 Å². The Morgan fingerprint density at radius 3 is 2.68 bits per heavy atom. The van der Waals surface area contributed by atoms with Crippen molar-refractivity contribution in [3.05, 3.63) is 18.2 Å². The average Bonchev–Trinajstić information content (AvgIpc) is 2.59. The van der Waals surface area contributed by atoms with E-state index in [0.717, 1.165) is 0 Å². The summed E-state index contributed by atoms with van der Waals surface area (Å²) in [6.07, 6.45) is 4.20. The van der Waals surface area contributed by atoms with E-state index >= 15 is 0 Å². The van der Waals surface area contributed by atoms with E-state index in [9.17, 15) is 4.79 Å². The van der Waals surface area contributed by atoms with Gasteiger partial charge in [0.15, 0.2) is 5.75 Å². The number of carbonyl (C=O) groups is 1. The molecule has 1 aromatic rings. The summed E-state index contributed by atoms with van der Waals surface area (Å²) in [6.45, 7) is 1.64. The molecule has 0 saturated carbocycles. The van der Waals surface area contributed by atoms with E-state index in [1.807, 2.05) is 0 Å². The molecule has 2 N–H and O–H groups in total. The number of nitrogens with zero attached hydrogens (tertiary/aromatic N) is 2. The predicted octanol–water partition coefficient (Wildman–Crippen LogP) is -0.227. The molecule has 0 aromatic carbocycles. The molecule has 0 bridgehead atoms. The maximum Gasteiger partial charge on any atom is 0.289 e. The van der Waals surface area contributed by atoms with Gasteiger partial charge >= 0.3 is 0 Å². The fourth-order valence-electron chi connectivity index (χ4n) is 2.24. The molecule has 2 heterocycles. The topological polar surface area (TPSA) is 103 Å². The second kappa shape index (κ2) is 8.02. The molecule has 1 fully saturated rings. The smallest absolute Gasteiger partial charge is 0.289 e. The Morgan fingerprint density at radius 1 is 1.41 bits per heavy atom. The van der Waals surface area contributed by atoms with Crippen LogP contribution in [-0.2, 0) is 9.47 Å². The van der Waals surface area contributed by atoms with E-state index in [-0.39, 0.29) is 24.9 Å². The van der Waals surface area contributed by atoms with Gasteiger partial charge in [0.25, 0.3) is 5.91 Å². The van der Waals surface area contributed by atoms with E-state index in [0.29, 0.717) is 38.3 Å². The van der Waals surface area contributed by atoms with E-state index < -0.39 is 5.60 Å². The number of nitrogens with one attached hydrogen (secondary N) is 1. The Bertz CT molecular complexity index is 474. The number of amides is 1. The molecule has 1 aliphatic rings. The van der Waals surface area contributed by atoms with Crippen molar-refractivity contribution in [2.45, 2.75) is 18.4 Å². The normalized spacial score (nSPS) is 17.0. The highest BCUT2D eigenvalue weighted by atomic mass is 16.5. The highest BCUT2D eigenvalue weighted by Gasteiger charge is 2.34. The van der Waals surface area contributed by atoms with E-state index in [4.69, 9.17) is 19.3 Å². The molecule has 2 rings (SSSR count). The van der Waals surface area contributed by atoms with Crippen LogP contribution in [0.25, 0.3) is 0 Å². The number of aliphatic hydroxyl groups is 1. The quantitative estimate of drug-likeness (QED) is 0.717. The Labute approximate surface area is 128 Å². The summed E-state index contributed by atoms with van der Waals surface area (Å²) in [6, 6.07) is 0. The standard InChI is InChI=1S/C14H21N3O5/c1-20-11-8-15-12(16-9-11)13(19)17-10-14(22-7-4-18)2-5-21-6-3-14/h8-9,18H,2-7,10H2,1H3,(H,17,19). The van der Waals surface area contributed by atoms with Gasteiger partial charge in [-0.25, -0.2) is 9.97 Å². The molecule has 8 nitrogen and oxygen atoms in total. The molecule has 0 radical (unpaired) electrons. The largest absolute Gasteiger partial charge is 0.494 e. The minimum Gasteiger partial charge on any atom is -0.494 e. The predicted molar refractivity (Wildman–Crippen MR) is 76.7 cm³/mol. The van der Waals surface area contributed by atoms with E-state index in [1.54, 1.807) is 0 Å². The summed E-state index contributed by atoms with van der Waals surface area (Å²) in [4.78, 5) is 20.0. The van der Waals surface area contributed by atoms with E-state index in [2.05, 4.69) is 15.3 Å². The third-order valence-corrected chi connectivity index (χ3v) is 3.54. The lowest BCUT2D eigenvalue weighted by molar-refractivity contribution is -0.114. The second-order valence-electron chi connectivity index (χ2n) is 5.00. The molecule has 22 heavy (non-hydrogen) atoms. The number of aliphatic hydroxyl groups excluding tert-OH is 1. The lowest BCUT2D eigenvalue weighted by atomic mass is 9.94. The Balaban J connectivity index is 1.93. The minimum absolute atomic E-state index is 0.0574. The summed E-state index contributed by atoms with van der Waals surface area (Å²) in [5, 5.41) is 11.7. The number of hydrogen-bond acceptors (Lipinski definition) is 7. The third-order valence-electron chi connectivity index (χ3n) is 3.54. The molecular formula is C14H21N3O5. The molecule has 1 saturated heterocycles. The third kappa shape index (κ3) is 4.36. The SMILES string of the molecule is COc1cnc(C(=O)NCC2(OCCO)CCOCC2)nc1. The monoisotopic (exact) mass is 311 g/mol. The van der Waals surface area contributed by atoms with Crippen LogP contribution in [0.1, 0.15) is 23.5 Å². The van der Waals surface area contributed by atoms with Crippen LogP contribution in [0.3, 0.4) is 0 Å². The highest BCUT2D eigenvalue weighted by Crippen LogP contribution is 2.24. The first-order valence-corrected chi connectivity index (χ1v) is 7.16. The summed E-state index contributed by atoms with van der Waals surface area (Å²) < 4.78 is 16.0. The number of hydrogen-bond donors (Lipinski definition) is 2. The lowest BCUT2D eigenvalue weighted by Gasteiger charge is -2.37. The van der Waals surface area contributed by atoms with Crippen molar-refractivity contribution in [3.63, 3.8) is 0 Å². The van der Waals surface area contributed by atoms with Gasteiger partial charge in [0.1, 0.15) is 0 Å². The van der Waals surface area contributed by atoms with Crippen LogP contribution in [-0.4, -0.2) is 66.7 Å². The number of carbonyl (C=O) groups excluding carboxylic acids is 1. The zero-order valence-electron chi connectivity index (χ0n) is 12.6. The first-order chi connectivity index (χ1) is 10.7. The summed E-state index contributed by atoms with van der Waals surface area (Å²) in [7, 11) is 1.51. The summed E-state index contributed by atoms with van der Waals surface area (Å²) >= 11 is 0. The van der Waals surface area contributed by atoms with Crippen molar-refractivity contribution in [1.82, 2.24) is 15.3 Å². The summed E-state index contributed by atoms with van der Waals surface area (Å²) in [5.41, 5.74) is -0.511. The molecule has 122 valence electrons. The van der Waals surface area contributed by atoms with Crippen molar-refractivity contribution in [1.29, 1.82) is 0 Å².